The van der Waals surface area contributed by atoms with Crippen molar-refractivity contribution < 1.29 is 33.2 Å². The van der Waals surface area contributed by atoms with Gasteiger partial charge in [-0.3, -0.25) is 4.57 Å². The molecule has 1 aliphatic heterocycles. The Morgan fingerprint density at radius 3 is 2.11 bits per heavy atom. The smallest absolute Gasteiger partial charge is 0.409 e. The first-order valence-electron chi connectivity index (χ1n) is 9.21. The fraction of sp³-hybridized carbons (Fsp3) is 0.938. The number of aliphatic hydroxyl groups excluding tert-OH is 1. The van der Waals surface area contributed by atoms with Gasteiger partial charge >= 0.3 is 13.8 Å². The Labute approximate surface area is 161 Å². The Morgan fingerprint density at radius 2 is 1.59 bits per heavy atom. The monoisotopic (exact) mass is 411 g/mol. The number of rotatable bonds is 12. The molecule has 0 saturated carbocycles. The molecule has 1 heterocycles. The highest BCUT2D eigenvalue weighted by atomic mass is 31.2. The summed E-state index contributed by atoms with van der Waals surface area (Å²) in [6.45, 7) is 6.94. The minimum Gasteiger partial charge on any atom is -0.447 e. The molecule has 11 heteroatoms. The van der Waals surface area contributed by atoms with Crippen LogP contribution in [0.2, 0.25) is 0 Å². The zero-order valence-electron chi connectivity index (χ0n) is 16.8. The lowest BCUT2D eigenvalue weighted by Crippen LogP contribution is -2.49. The molecule has 160 valence electrons. The van der Waals surface area contributed by atoms with E-state index in [1.54, 1.807) is 28.3 Å². The molecule has 1 rings (SSSR count). The molecule has 1 amide bonds. The van der Waals surface area contributed by atoms with E-state index in [0.717, 1.165) is 0 Å². The number of carbonyl (C=O) groups excluding carboxylic acids is 1. The maximum absolute atomic E-state index is 13.1. The maximum atomic E-state index is 13.1. The number of hydrogen-bond acceptors (Lipinski definition) is 7. The summed E-state index contributed by atoms with van der Waals surface area (Å²) in [4.78, 5) is 13.7. The lowest BCUT2D eigenvalue weighted by Gasteiger charge is -2.40. The lowest BCUT2D eigenvalue weighted by atomic mass is 10.4. The largest absolute Gasteiger partial charge is 0.447 e. The minimum atomic E-state index is -3.08. The Bertz CT molecular complexity index is 471. The summed E-state index contributed by atoms with van der Waals surface area (Å²) in [7, 11) is 0.388. The van der Waals surface area contributed by atoms with Crippen molar-refractivity contribution in [3.05, 3.63) is 0 Å². The number of piperazine rings is 1. The minimum absolute atomic E-state index is 0.0154. The quantitative estimate of drug-likeness (QED) is 0.370. The number of nitrogens with zero attached hydrogens (tertiary/aromatic N) is 3. The van der Waals surface area contributed by atoms with Crippen LogP contribution in [-0.2, 0) is 23.3 Å². The first kappa shape index (κ1) is 24.3. The number of amides is 1. The van der Waals surface area contributed by atoms with Crippen LogP contribution in [0.5, 0.6) is 0 Å². The SMILES string of the molecule is CC(C)OP(=O)(N(C)C)N1CCN(C(=O)OCCOCCOCCO)CC1. The summed E-state index contributed by atoms with van der Waals surface area (Å²) in [5.41, 5.74) is 0. The fourth-order valence-corrected chi connectivity index (χ4v) is 4.55. The molecule has 1 unspecified atom stereocenters. The van der Waals surface area contributed by atoms with E-state index in [1.165, 1.54) is 0 Å². The Morgan fingerprint density at radius 1 is 1.04 bits per heavy atom. The highest BCUT2D eigenvalue weighted by molar-refractivity contribution is 7.53. The molecular weight excluding hydrogens is 377 g/mol. The van der Waals surface area contributed by atoms with Gasteiger partial charge in [0.2, 0.25) is 0 Å². The van der Waals surface area contributed by atoms with Crippen molar-refractivity contribution in [2.24, 2.45) is 0 Å². The molecule has 0 aromatic heterocycles. The maximum Gasteiger partial charge on any atom is 0.409 e. The van der Waals surface area contributed by atoms with Gasteiger partial charge in [0.1, 0.15) is 6.61 Å². The predicted octanol–water partition coefficient (Wildman–Crippen LogP) is 0.861. The van der Waals surface area contributed by atoms with Crippen LogP contribution >= 0.6 is 7.67 Å². The van der Waals surface area contributed by atoms with E-state index in [-0.39, 0.29) is 32.5 Å². The highest BCUT2D eigenvalue weighted by Gasteiger charge is 2.38. The first-order valence-corrected chi connectivity index (χ1v) is 10.7. The summed E-state index contributed by atoms with van der Waals surface area (Å²) >= 11 is 0. The van der Waals surface area contributed by atoms with E-state index >= 15 is 0 Å². The van der Waals surface area contributed by atoms with Crippen molar-refractivity contribution in [1.29, 1.82) is 0 Å². The molecule has 0 aromatic carbocycles. The molecule has 10 nitrogen and oxygen atoms in total. The topological polar surface area (TPSA) is 101 Å². The summed E-state index contributed by atoms with van der Waals surface area (Å²) in [5, 5.41) is 8.56. The van der Waals surface area contributed by atoms with Crippen molar-refractivity contribution in [1.82, 2.24) is 14.2 Å². The number of hydrogen-bond donors (Lipinski definition) is 1. The Hall–Kier alpha value is -0.740. The van der Waals surface area contributed by atoms with Crippen LogP contribution in [0, 0.1) is 0 Å². The number of aliphatic hydroxyl groups is 1. The second kappa shape index (κ2) is 12.7. The van der Waals surface area contributed by atoms with Gasteiger partial charge in [-0.15, -0.1) is 0 Å². The molecule has 0 bridgehead atoms. The van der Waals surface area contributed by atoms with Crippen LogP contribution in [0.4, 0.5) is 4.79 Å². The zero-order valence-corrected chi connectivity index (χ0v) is 17.7. The van der Waals surface area contributed by atoms with Crippen LogP contribution in [0.25, 0.3) is 0 Å². The van der Waals surface area contributed by atoms with Crippen molar-refractivity contribution in [2.45, 2.75) is 20.0 Å². The van der Waals surface area contributed by atoms with E-state index in [2.05, 4.69) is 0 Å². The molecule has 1 aliphatic rings. The molecule has 0 radical (unpaired) electrons. The van der Waals surface area contributed by atoms with E-state index < -0.39 is 13.8 Å². The van der Waals surface area contributed by atoms with Crippen LogP contribution < -0.4 is 0 Å². The fourth-order valence-electron chi connectivity index (χ4n) is 2.49. The van der Waals surface area contributed by atoms with E-state index in [0.29, 0.717) is 39.4 Å². The van der Waals surface area contributed by atoms with Gasteiger partial charge in [-0.1, -0.05) is 0 Å². The molecule has 1 atom stereocenters. The lowest BCUT2D eigenvalue weighted by molar-refractivity contribution is 0.0126. The van der Waals surface area contributed by atoms with Crippen LogP contribution in [-0.4, -0.2) is 111 Å². The summed E-state index contributed by atoms with van der Waals surface area (Å²) in [5.74, 6) is 0. The molecule has 0 aromatic rings. The Balaban J connectivity index is 2.29. The third-order valence-corrected chi connectivity index (χ3v) is 6.61. The summed E-state index contributed by atoms with van der Waals surface area (Å²) in [6.07, 6.45) is -0.561. The molecule has 1 fully saturated rings. The van der Waals surface area contributed by atoms with E-state index in [1.807, 2.05) is 13.8 Å². The van der Waals surface area contributed by atoms with Crippen molar-refractivity contribution in [3.8, 4) is 0 Å². The average Bonchev–Trinajstić information content (AvgIpc) is 2.63. The Kier molecular flexibility index (Phi) is 11.4. The summed E-state index contributed by atoms with van der Waals surface area (Å²) in [6, 6.07) is 0. The number of ether oxygens (including phenoxy) is 3. The second-order valence-electron chi connectivity index (χ2n) is 6.50. The molecule has 1 N–H and O–H groups in total. The van der Waals surface area contributed by atoms with Crippen molar-refractivity contribution in [3.63, 3.8) is 0 Å². The summed E-state index contributed by atoms with van der Waals surface area (Å²) < 4.78 is 37.8. The average molecular weight is 411 g/mol. The van der Waals surface area contributed by atoms with E-state index in [9.17, 15) is 9.36 Å². The van der Waals surface area contributed by atoms with Gasteiger partial charge in [-0.05, 0) is 27.9 Å². The van der Waals surface area contributed by atoms with Crippen LogP contribution in [0.1, 0.15) is 13.8 Å². The van der Waals surface area contributed by atoms with Gasteiger partial charge in [-0.25, -0.2) is 14.1 Å². The van der Waals surface area contributed by atoms with Crippen molar-refractivity contribution >= 4 is 13.8 Å². The van der Waals surface area contributed by atoms with E-state index in [4.69, 9.17) is 23.8 Å². The van der Waals surface area contributed by atoms with Crippen molar-refractivity contribution in [2.75, 3.05) is 79.9 Å². The first-order chi connectivity index (χ1) is 12.8. The molecule has 1 saturated heterocycles. The molecule has 0 spiro atoms. The van der Waals surface area contributed by atoms with Crippen LogP contribution in [0.3, 0.4) is 0 Å². The standard InChI is InChI=1S/C16H34N3O7P/c1-15(2)26-27(22,17(3)4)19-7-5-18(6-8-19)16(21)25-14-13-24-12-11-23-10-9-20/h15,20H,5-14H2,1-4H3. The second-order valence-corrected chi connectivity index (χ2v) is 9.05. The van der Waals surface area contributed by atoms with Crippen LogP contribution in [0.15, 0.2) is 0 Å². The molecule has 27 heavy (non-hydrogen) atoms. The van der Waals surface area contributed by atoms with Gasteiger partial charge < -0.3 is 28.7 Å². The predicted molar refractivity (Wildman–Crippen MR) is 101 cm³/mol. The third kappa shape index (κ3) is 8.43. The van der Waals surface area contributed by atoms with Gasteiger partial charge in [0.25, 0.3) is 0 Å². The zero-order chi connectivity index (χ0) is 20.3. The highest BCUT2D eigenvalue weighted by Crippen LogP contribution is 2.53. The molecular formula is C16H34N3O7P. The van der Waals surface area contributed by atoms with Gasteiger partial charge in [0.05, 0.1) is 39.1 Å². The van der Waals surface area contributed by atoms with Gasteiger partial charge in [0, 0.05) is 26.2 Å². The normalized spacial score (nSPS) is 18.1. The number of carbonyl (C=O) groups is 1. The molecule has 0 aliphatic carbocycles. The van der Waals surface area contributed by atoms with Gasteiger partial charge in [-0.2, -0.15) is 0 Å². The van der Waals surface area contributed by atoms with Gasteiger partial charge in [0.15, 0.2) is 0 Å². The third-order valence-electron chi connectivity index (χ3n) is 3.79.